The molecule has 98 valence electrons. The van der Waals surface area contributed by atoms with Crippen LogP contribution in [-0.2, 0) is 0 Å². The Balaban J connectivity index is 1.92. The highest BCUT2D eigenvalue weighted by molar-refractivity contribution is 7.99. The summed E-state index contributed by atoms with van der Waals surface area (Å²) in [4.78, 5) is 0. The molecule has 1 fully saturated rings. The summed E-state index contributed by atoms with van der Waals surface area (Å²) in [7, 11) is 1.66. The Morgan fingerprint density at radius 2 is 2.28 bits per heavy atom. The summed E-state index contributed by atoms with van der Waals surface area (Å²) in [5, 5.41) is 3.89. The third kappa shape index (κ3) is 2.12. The number of benzene rings is 1. The third-order valence-corrected chi connectivity index (χ3v) is 4.47. The second-order valence-corrected chi connectivity index (χ2v) is 5.78. The molecule has 0 spiro atoms. The average Bonchev–Trinajstić information content (AvgIpc) is 2.85. The first-order chi connectivity index (χ1) is 8.78. The zero-order chi connectivity index (χ0) is 12.5. The van der Waals surface area contributed by atoms with Crippen LogP contribution >= 0.6 is 11.8 Å². The van der Waals surface area contributed by atoms with Gasteiger partial charge in [0.15, 0.2) is 11.5 Å². The van der Waals surface area contributed by atoms with E-state index in [1.54, 1.807) is 7.11 Å². The quantitative estimate of drug-likeness (QED) is 0.891. The lowest BCUT2D eigenvalue weighted by molar-refractivity contribution is 0.171. The number of methoxy groups -OCH3 is 1. The summed E-state index contributed by atoms with van der Waals surface area (Å²) >= 11 is 1.92. The van der Waals surface area contributed by atoms with Crippen LogP contribution in [0.2, 0.25) is 0 Å². The first-order valence-electron chi connectivity index (χ1n) is 6.13. The van der Waals surface area contributed by atoms with Gasteiger partial charge in [-0.1, -0.05) is 0 Å². The summed E-state index contributed by atoms with van der Waals surface area (Å²) in [6.07, 6.45) is 1.21. The highest BCUT2D eigenvalue weighted by Crippen LogP contribution is 2.45. The van der Waals surface area contributed by atoms with Crippen LogP contribution in [0.4, 0.5) is 0 Å². The van der Waals surface area contributed by atoms with Crippen LogP contribution in [-0.4, -0.2) is 25.7 Å². The standard InChI is InChI=1S/C13H17NO3S/c1-8-3-4-18-13(14-8)9-5-10(15-2)12-11(6-9)16-7-17-12/h5-6,8,13-14H,3-4,7H2,1-2H3. The number of rotatable bonds is 2. The number of hydrogen-bond donors (Lipinski definition) is 1. The largest absolute Gasteiger partial charge is 0.493 e. The predicted molar refractivity (Wildman–Crippen MR) is 71.5 cm³/mol. The number of hydrogen-bond acceptors (Lipinski definition) is 5. The number of thioether (sulfide) groups is 1. The van der Waals surface area contributed by atoms with Crippen LogP contribution in [0.15, 0.2) is 12.1 Å². The molecular formula is C13H17NO3S. The molecule has 1 saturated heterocycles. The molecule has 5 heteroatoms. The van der Waals surface area contributed by atoms with Crippen LogP contribution in [0, 0.1) is 0 Å². The summed E-state index contributed by atoms with van der Waals surface area (Å²) < 4.78 is 16.2. The number of fused-ring (bicyclic) bond motifs is 1. The maximum absolute atomic E-state index is 5.46. The van der Waals surface area contributed by atoms with E-state index in [4.69, 9.17) is 14.2 Å². The van der Waals surface area contributed by atoms with E-state index in [0.29, 0.717) is 11.4 Å². The van der Waals surface area contributed by atoms with Crippen molar-refractivity contribution in [1.82, 2.24) is 5.32 Å². The van der Waals surface area contributed by atoms with E-state index >= 15 is 0 Å². The fraction of sp³-hybridized carbons (Fsp3) is 0.538. The molecule has 0 bridgehead atoms. The van der Waals surface area contributed by atoms with Gasteiger partial charge < -0.3 is 14.2 Å². The van der Waals surface area contributed by atoms with Gasteiger partial charge in [0.2, 0.25) is 12.5 Å². The van der Waals surface area contributed by atoms with Gasteiger partial charge in [-0.3, -0.25) is 5.32 Å². The van der Waals surface area contributed by atoms with Gasteiger partial charge in [-0.25, -0.2) is 0 Å². The van der Waals surface area contributed by atoms with Crippen LogP contribution < -0.4 is 19.5 Å². The Bertz CT molecular complexity index is 452. The summed E-state index contributed by atoms with van der Waals surface area (Å²) in [6, 6.07) is 4.64. The Morgan fingerprint density at radius 3 is 3.06 bits per heavy atom. The van der Waals surface area contributed by atoms with E-state index in [9.17, 15) is 0 Å². The van der Waals surface area contributed by atoms with Crippen LogP contribution in [0.5, 0.6) is 17.2 Å². The van der Waals surface area contributed by atoms with Crippen molar-refractivity contribution in [3.8, 4) is 17.2 Å². The minimum atomic E-state index is 0.275. The zero-order valence-corrected chi connectivity index (χ0v) is 11.4. The molecule has 3 rings (SSSR count). The van der Waals surface area contributed by atoms with Crippen molar-refractivity contribution in [1.29, 1.82) is 0 Å². The molecule has 2 aliphatic rings. The van der Waals surface area contributed by atoms with Crippen molar-refractivity contribution in [3.63, 3.8) is 0 Å². The first-order valence-corrected chi connectivity index (χ1v) is 7.18. The molecular weight excluding hydrogens is 250 g/mol. The maximum Gasteiger partial charge on any atom is 0.231 e. The van der Waals surface area contributed by atoms with Crippen molar-refractivity contribution >= 4 is 11.8 Å². The Morgan fingerprint density at radius 1 is 1.39 bits per heavy atom. The molecule has 0 amide bonds. The fourth-order valence-corrected chi connectivity index (χ4v) is 3.63. The normalized spacial score (nSPS) is 26.1. The number of nitrogens with one attached hydrogen (secondary N) is 1. The molecule has 18 heavy (non-hydrogen) atoms. The predicted octanol–water partition coefficient (Wildman–Crippen LogP) is 2.54. The highest BCUT2D eigenvalue weighted by Gasteiger charge is 2.25. The SMILES string of the molecule is COc1cc(C2NC(C)CCS2)cc2c1OCO2. The van der Waals surface area contributed by atoms with Crippen molar-refractivity contribution in [2.75, 3.05) is 19.7 Å². The van der Waals surface area contributed by atoms with E-state index in [1.807, 2.05) is 23.9 Å². The van der Waals surface area contributed by atoms with Gasteiger partial charge >= 0.3 is 0 Å². The summed E-state index contributed by atoms with van der Waals surface area (Å²) in [5.74, 6) is 3.43. The fourth-order valence-electron chi connectivity index (χ4n) is 2.25. The maximum atomic E-state index is 5.46. The number of ether oxygens (including phenoxy) is 3. The van der Waals surface area contributed by atoms with E-state index in [1.165, 1.54) is 17.7 Å². The molecule has 0 aromatic heterocycles. The molecule has 2 unspecified atom stereocenters. The molecule has 2 atom stereocenters. The smallest absolute Gasteiger partial charge is 0.231 e. The van der Waals surface area contributed by atoms with Crippen LogP contribution in [0.3, 0.4) is 0 Å². The van der Waals surface area contributed by atoms with E-state index in [0.717, 1.165) is 17.2 Å². The van der Waals surface area contributed by atoms with Crippen LogP contribution in [0.1, 0.15) is 24.3 Å². The molecule has 0 saturated carbocycles. The Kier molecular flexibility index (Phi) is 3.26. The summed E-state index contributed by atoms with van der Waals surface area (Å²) in [6.45, 7) is 2.49. The Labute approximate surface area is 111 Å². The Hall–Kier alpha value is -1.07. The second kappa shape index (κ2) is 4.90. The van der Waals surface area contributed by atoms with Crippen molar-refractivity contribution in [2.45, 2.75) is 24.8 Å². The lowest BCUT2D eigenvalue weighted by Crippen LogP contribution is -2.33. The van der Waals surface area contributed by atoms with Crippen molar-refractivity contribution in [3.05, 3.63) is 17.7 Å². The van der Waals surface area contributed by atoms with Gasteiger partial charge in [-0.15, -0.1) is 11.8 Å². The van der Waals surface area contributed by atoms with E-state index < -0.39 is 0 Å². The monoisotopic (exact) mass is 267 g/mol. The molecule has 0 aliphatic carbocycles. The van der Waals surface area contributed by atoms with E-state index in [-0.39, 0.29) is 6.79 Å². The lowest BCUT2D eigenvalue weighted by Gasteiger charge is -2.29. The molecule has 1 N–H and O–H groups in total. The van der Waals surface area contributed by atoms with Crippen LogP contribution in [0.25, 0.3) is 0 Å². The average molecular weight is 267 g/mol. The summed E-state index contributed by atoms with van der Waals surface area (Å²) in [5.41, 5.74) is 1.19. The third-order valence-electron chi connectivity index (χ3n) is 3.25. The second-order valence-electron chi connectivity index (χ2n) is 4.56. The molecule has 2 aliphatic heterocycles. The van der Waals surface area contributed by atoms with Gasteiger partial charge in [0, 0.05) is 6.04 Å². The molecule has 4 nitrogen and oxygen atoms in total. The lowest BCUT2D eigenvalue weighted by atomic mass is 10.1. The molecule has 1 aromatic carbocycles. The zero-order valence-electron chi connectivity index (χ0n) is 10.6. The van der Waals surface area contributed by atoms with Crippen molar-refractivity contribution in [2.24, 2.45) is 0 Å². The molecule has 0 radical (unpaired) electrons. The van der Waals surface area contributed by atoms with Gasteiger partial charge in [0.05, 0.1) is 12.5 Å². The van der Waals surface area contributed by atoms with Gasteiger partial charge in [-0.05, 0) is 36.8 Å². The highest BCUT2D eigenvalue weighted by atomic mass is 32.2. The molecule has 1 aromatic rings. The van der Waals surface area contributed by atoms with Gasteiger partial charge in [0.1, 0.15) is 0 Å². The van der Waals surface area contributed by atoms with Gasteiger partial charge in [0.25, 0.3) is 0 Å². The topological polar surface area (TPSA) is 39.7 Å². The van der Waals surface area contributed by atoms with Crippen molar-refractivity contribution < 1.29 is 14.2 Å². The first kappa shape index (κ1) is 12.0. The molecule has 2 heterocycles. The van der Waals surface area contributed by atoms with Gasteiger partial charge in [-0.2, -0.15) is 0 Å². The van der Waals surface area contributed by atoms with E-state index in [2.05, 4.69) is 12.2 Å². The minimum Gasteiger partial charge on any atom is -0.493 e. The minimum absolute atomic E-state index is 0.275.